The van der Waals surface area contributed by atoms with Crippen molar-refractivity contribution in [2.24, 2.45) is 0 Å². The molecule has 3 heterocycles. The Bertz CT molecular complexity index is 1120. The van der Waals surface area contributed by atoms with Crippen LogP contribution < -0.4 is 10.1 Å². The van der Waals surface area contributed by atoms with E-state index in [9.17, 15) is 10.1 Å². The van der Waals surface area contributed by atoms with Crippen molar-refractivity contribution in [3.8, 4) is 6.07 Å². The lowest BCUT2D eigenvalue weighted by Crippen LogP contribution is -2.34. The van der Waals surface area contributed by atoms with Gasteiger partial charge in [-0.05, 0) is 12.1 Å². The molecular weight excluding hydrogens is 288 g/mol. The number of hydrogen-bond donors (Lipinski definition) is 1. The number of nitrogens with one attached hydrogen (secondary N) is 1. The number of para-hydroxylation sites is 2. The number of nitriles is 1. The highest BCUT2D eigenvalue weighted by Gasteiger charge is 2.16. The monoisotopic (exact) mass is 301 g/mol. The van der Waals surface area contributed by atoms with E-state index in [0.29, 0.717) is 23.3 Å². The van der Waals surface area contributed by atoms with Crippen LogP contribution in [0.2, 0.25) is 0 Å². The lowest BCUT2D eigenvalue weighted by molar-refractivity contribution is -0.688. The molecule has 0 saturated carbocycles. The molecular formula is C18H13N4O+. The molecule has 0 bridgehead atoms. The van der Waals surface area contributed by atoms with Crippen molar-refractivity contribution in [3.63, 3.8) is 0 Å². The summed E-state index contributed by atoms with van der Waals surface area (Å²) in [5.74, 6) is 0. The summed E-state index contributed by atoms with van der Waals surface area (Å²) in [6.45, 7) is 0.477. The van der Waals surface area contributed by atoms with Crippen molar-refractivity contribution in [1.29, 1.82) is 5.26 Å². The number of H-pyrrole nitrogens is 1. The lowest BCUT2D eigenvalue weighted by atomic mass is 10.1. The molecule has 4 rings (SSSR count). The number of fused-ring (bicyclic) bond motifs is 3. The first kappa shape index (κ1) is 13.3. The Labute approximate surface area is 131 Å². The average Bonchev–Trinajstić information content (AvgIpc) is 2.96. The van der Waals surface area contributed by atoms with Crippen molar-refractivity contribution >= 4 is 16.7 Å². The molecule has 110 valence electrons. The maximum absolute atomic E-state index is 12.6. The molecule has 0 aliphatic rings. The summed E-state index contributed by atoms with van der Waals surface area (Å²) >= 11 is 0. The van der Waals surface area contributed by atoms with Crippen molar-refractivity contribution < 1.29 is 4.57 Å². The summed E-state index contributed by atoms with van der Waals surface area (Å²) in [4.78, 5) is 15.8. The SMILES string of the molecule is N#Cc1c(C[n+]2ccccc2)cc(=O)n2c1[nH]c1ccccc12. The Morgan fingerprint density at radius 2 is 1.91 bits per heavy atom. The number of nitrogens with zero attached hydrogens (tertiary/aromatic N) is 3. The second kappa shape index (κ2) is 5.11. The molecule has 1 N–H and O–H groups in total. The third-order valence-corrected chi connectivity index (χ3v) is 3.94. The van der Waals surface area contributed by atoms with Gasteiger partial charge in [0.15, 0.2) is 18.9 Å². The number of aromatic amines is 1. The molecule has 4 aromatic rings. The van der Waals surface area contributed by atoms with Gasteiger partial charge < -0.3 is 4.98 Å². The van der Waals surface area contributed by atoms with Crippen LogP contribution in [0.25, 0.3) is 16.7 Å². The van der Waals surface area contributed by atoms with Crippen LogP contribution in [0, 0.1) is 11.3 Å². The fourth-order valence-corrected chi connectivity index (χ4v) is 2.91. The van der Waals surface area contributed by atoms with Crippen LogP contribution in [0.3, 0.4) is 0 Å². The summed E-state index contributed by atoms with van der Waals surface area (Å²) in [6.07, 6.45) is 3.82. The van der Waals surface area contributed by atoms with Crippen LogP contribution in [0.1, 0.15) is 11.1 Å². The standard InChI is InChI=1S/C18H12N4O/c19-11-14-13(12-21-8-4-1-5-9-21)10-17(23)22-16-7-3-2-6-15(16)20-18(14)22/h1-10H,12H2/p+1. The molecule has 23 heavy (non-hydrogen) atoms. The Morgan fingerprint density at radius 3 is 2.70 bits per heavy atom. The molecule has 0 unspecified atom stereocenters. The predicted octanol–water partition coefficient (Wildman–Crippen LogP) is 1.99. The zero-order valence-electron chi connectivity index (χ0n) is 12.2. The molecule has 0 radical (unpaired) electrons. The number of rotatable bonds is 2. The van der Waals surface area contributed by atoms with E-state index in [2.05, 4.69) is 11.1 Å². The minimum absolute atomic E-state index is 0.136. The minimum Gasteiger partial charge on any atom is -0.338 e. The van der Waals surface area contributed by atoms with E-state index in [-0.39, 0.29) is 5.56 Å². The van der Waals surface area contributed by atoms with Gasteiger partial charge in [0, 0.05) is 23.8 Å². The van der Waals surface area contributed by atoms with E-state index in [0.717, 1.165) is 11.0 Å². The summed E-state index contributed by atoms with van der Waals surface area (Å²) in [6, 6.07) is 17.1. The van der Waals surface area contributed by atoms with Crippen molar-refractivity contribution in [1.82, 2.24) is 9.38 Å². The van der Waals surface area contributed by atoms with Crippen molar-refractivity contribution in [3.05, 3.63) is 82.4 Å². The molecule has 0 amide bonds. The Balaban J connectivity index is 2.02. The molecule has 0 fully saturated rings. The highest BCUT2D eigenvalue weighted by molar-refractivity contribution is 5.82. The van der Waals surface area contributed by atoms with Gasteiger partial charge in [0.2, 0.25) is 0 Å². The van der Waals surface area contributed by atoms with Crippen molar-refractivity contribution in [2.45, 2.75) is 6.54 Å². The molecule has 5 heteroatoms. The molecule has 0 aliphatic heterocycles. The van der Waals surface area contributed by atoms with Gasteiger partial charge >= 0.3 is 0 Å². The second-order valence-corrected chi connectivity index (χ2v) is 5.37. The Morgan fingerprint density at radius 1 is 1.13 bits per heavy atom. The first-order valence-corrected chi connectivity index (χ1v) is 7.27. The number of aromatic nitrogens is 3. The van der Waals surface area contributed by atoms with Crippen LogP contribution in [-0.2, 0) is 6.54 Å². The van der Waals surface area contributed by atoms with Gasteiger partial charge in [0.25, 0.3) is 5.56 Å². The van der Waals surface area contributed by atoms with E-state index >= 15 is 0 Å². The predicted molar refractivity (Wildman–Crippen MR) is 86.0 cm³/mol. The van der Waals surface area contributed by atoms with Crippen LogP contribution in [-0.4, -0.2) is 9.38 Å². The summed E-state index contributed by atoms with van der Waals surface area (Å²) < 4.78 is 3.50. The molecule has 0 atom stereocenters. The van der Waals surface area contributed by atoms with E-state index in [4.69, 9.17) is 0 Å². The Hall–Kier alpha value is -3.39. The summed E-state index contributed by atoms with van der Waals surface area (Å²) in [7, 11) is 0. The van der Waals surface area contributed by atoms with Crippen LogP contribution in [0.5, 0.6) is 0 Å². The van der Waals surface area contributed by atoms with Gasteiger partial charge in [0.05, 0.1) is 11.0 Å². The van der Waals surface area contributed by atoms with Crippen molar-refractivity contribution in [2.75, 3.05) is 0 Å². The van der Waals surface area contributed by atoms with Gasteiger partial charge in [-0.15, -0.1) is 0 Å². The highest BCUT2D eigenvalue weighted by Crippen LogP contribution is 2.19. The van der Waals surface area contributed by atoms with Gasteiger partial charge in [-0.3, -0.25) is 9.20 Å². The van der Waals surface area contributed by atoms with Crippen LogP contribution >= 0.6 is 0 Å². The topological polar surface area (TPSA) is 64.9 Å². The first-order chi connectivity index (χ1) is 11.3. The van der Waals surface area contributed by atoms with E-state index in [1.165, 1.54) is 0 Å². The number of benzene rings is 1. The largest absolute Gasteiger partial charge is 0.338 e. The number of imidazole rings is 1. The third kappa shape index (κ3) is 2.09. The minimum atomic E-state index is -0.136. The second-order valence-electron chi connectivity index (χ2n) is 5.37. The van der Waals surface area contributed by atoms with Crippen LogP contribution in [0.15, 0.2) is 65.7 Å². The molecule has 0 spiro atoms. The fourth-order valence-electron chi connectivity index (χ4n) is 2.91. The molecule has 0 saturated heterocycles. The Kier molecular flexibility index (Phi) is 2.95. The van der Waals surface area contributed by atoms with Gasteiger partial charge in [-0.2, -0.15) is 5.26 Å². The zero-order chi connectivity index (χ0) is 15.8. The quantitative estimate of drug-likeness (QED) is 0.575. The van der Waals surface area contributed by atoms with Gasteiger partial charge in [-0.25, -0.2) is 4.57 Å². The van der Waals surface area contributed by atoms with Crippen LogP contribution in [0.4, 0.5) is 0 Å². The molecule has 0 aliphatic carbocycles. The third-order valence-electron chi connectivity index (χ3n) is 3.94. The van der Waals surface area contributed by atoms with E-state index in [1.54, 1.807) is 10.5 Å². The molecule has 1 aromatic carbocycles. The summed E-state index contributed by atoms with van der Waals surface area (Å²) in [5.41, 5.74) is 3.24. The highest BCUT2D eigenvalue weighted by atomic mass is 16.1. The smallest absolute Gasteiger partial charge is 0.257 e. The maximum atomic E-state index is 12.6. The normalized spacial score (nSPS) is 10.9. The van der Waals surface area contributed by atoms with Gasteiger partial charge in [0.1, 0.15) is 17.3 Å². The fraction of sp³-hybridized carbons (Fsp3) is 0.0556. The lowest BCUT2D eigenvalue weighted by Gasteiger charge is -2.03. The number of pyridine rings is 2. The maximum Gasteiger partial charge on any atom is 0.257 e. The van der Waals surface area contributed by atoms with E-state index < -0.39 is 0 Å². The number of hydrogen-bond acceptors (Lipinski definition) is 2. The average molecular weight is 301 g/mol. The first-order valence-electron chi connectivity index (χ1n) is 7.27. The summed E-state index contributed by atoms with van der Waals surface area (Å²) in [5, 5.41) is 9.62. The molecule has 3 aromatic heterocycles. The zero-order valence-corrected chi connectivity index (χ0v) is 12.2. The van der Waals surface area contributed by atoms with Gasteiger partial charge in [-0.1, -0.05) is 18.2 Å². The van der Waals surface area contributed by atoms with E-state index in [1.807, 2.05) is 59.4 Å². The molecule has 5 nitrogen and oxygen atoms in total.